The zero-order valence-electron chi connectivity index (χ0n) is 7.75. The lowest BCUT2D eigenvalue weighted by atomic mass is 10.1. The van der Waals surface area contributed by atoms with Crippen molar-refractivity contribution < 1.29 is 4.74 Å². The fraction of sp³-hybridized carbons (Fsp3) is 0.889. The summed E-state index contributed by atoms with van der Waals surface area (Å²) in [6, 6.07) is 0.706. The molecular formula is C9H18N2O. The Bertz CT molecular complexity index is 157. The number of nitrogens with two attached hydrogens (primary N) is 1. The summed E-state index contributed by atoms with van der Waals surface area (Å²) in [5, 5.41) is 0. The van der Waals surface area contributed by atoms with Gasteiger partial charge >= 0.3 is 0 Å². The van der Waals surface area contributed by atoms with Crippen molar-refractivity contribution in [3.05, 3.63) is 0 Å². The number of aliphatic imine (C=N–C) groups is 1. The van der Waals surface area contributed by atoms with Crippen molar-refractivity contribution >= 4 is 6.02 Å². The average molecular weight is 170 g/mol. The molecule has 1 aliphatic rings. The third kappa shape index (κ3) is 3.11. The molecule has 3 heteroatoms. The molecule has 0 spiro atoms. The predicted octanol–water partition coefficient (Wildman–Crippen LogP) is 1.67. The van der Waals surface area contributed by atoms with Crippen molar-refractivity contribution in [1.82, 2.24) is 0 Å². The molecule has 0 fully saturated rings. The molecule has 0 amide bonds. The smallest absolute Gasteiger partial charge is 0.282 e. The first-order chi connectivity index (χ1) is 5.83. The molecule has 70 valence electrons. The van der Waals surface area contributed by atoms with Crippen molar-refractivity contribution in [2.24, 2.45) is 10.7 Å². The second-order valence-corrected chi connectivity index (χ2v) is 3.28. The first kappa shape index (κ1) is 9.36. The van der Waals surface area contributed by atoms with Crippen LogP contribution in [0.4, 0.5) is 0 Å². The maximum absolute atomic E-state index is 5.38. The van der Waals surface area contributed by atoms with Crippen LogP contribution in [0.1, 0.15) is 39.0 Å². The SMILES string of the molecule is CCCCCCC1COC(N)=N1. The van der Waals surface area contributed by atoms with Crippen LogP contribution in [0.2, 0.25) is 0 Å². The van der Waals surface area contributed by atoms with E-state index in [4.69, 9.17) is 10.5 Å². The van der Waals surface area contributed by atoms with Gasteiger partial charge in [0.25, 0.3) is 6.02 Å². The van der Waals surface area contributed by atoms with Crippen LogP contribution >= 0.6 is 0 Å². The Kier molecular flexibility index (Phi) is 3.91. The molecule has 0 saturated heterocycles. The highest BCUT2D eigenvalue weighted by Crippen LogP contribution is 2.11. The molecule has 1 atom stereocenters. The number of hydrogen-bond donors (Lipinski definition) is 1. The lowest BCUT2D eigenvalue weighted by Crippen LogP contribution is -2.10. The highest BCUT2D eigenvalue weighted by Gasteiger charge is 2.15. The summed E-state index contributed by atoms with van der Waals surface area (Å²) in [6.45, 7) is 2.91. The maximum atomic E-state index is 5.38. The van der Waals surface area contributed by atoms with Crippen molar-refractivity contribution in [3.63, 3.8) is 0 Å². The van der Waals surface area contributed by atoms with Crippen LogP contribution in [0.15, 0.2) is 4.99 Å². The number of hydrogen-bond acceptors (Lipinski definition) is 3. The Morgan fingerprint density at radius 2 is 2.33 bits per heavy atom. The van der Waals surface area contributed by atoms with E-state index in [1.54, 1.807) is 0 Å². The topological polar surface area (TPSA) is 47.6 Å². The van der Waals surface area contributed by atoms with Gasteiger partial charge in [-0.15, -0.1) is 0 Å². The minimum atomic E-state index is 0.335. The predicted molar refractivity (Wildman–Crippen MR) is 50.1 cm³/mol. The Balaban J connectivity index is 2.01. The number of rotatable bonds is 5. The van der Waals surface area contributed by atoms with Crippen LogP contribution in [0.25, 0.3) is 0 Å². The summed E-state index contributed by atoms with van der Waals surface area (Å²) < 4.78 is 5.05. The second-order valence-electron chi connectivity index (χ2n) is 3.28. The molecule has 1 heterocycles. The Morgan fingerprint density at radius 3 is 2.92 bits per heavy atom. The van der Waals surface area contributed by atoms with E-state index in [1.165, 1.54) is 25.7 Å². The number of unbranched alkanes of at least 4 members (excludes halogenated alkanes) is 3. The van der Waals surface area contributed by atoms with Gasteiger partial charge in [-0.05, 0) is 6.42 Å². The van der Waals surface area contributed by atoms with E-state index < -0.39 is 0 Å². The van der Waals surface area contributed by atoms with Gasteiger partial charge in [-0.3, -0.25) is 0 Å². The summed E-state index contributed by atoms with van der Waals surface area (Å²) in [6.07, 6.45) is 6.29. The summed E-state index contributed by atoms with van der Waals surface area (Å²) in [5.41, 5.74) is 5.38. The summed E-state index contributed by atoms with van der Waals surface area (Å²) in [5.74, 6) is 0. The monoisotopic (exact) mass is 170 g/mol. The van der Waals surface area contributed by atoms with Gasteiger partial charge in [0.05, 0.1) is 6.04 Å². The van der Waals surface area contributed by atoms with Crippen LogP contribution in [-0.4, -0.2) is 18.7 Å². The van der Waals surface area contributed by atoms with Gasteiger partial charge < -0.3 is 10.5 Å². The second kappa shape index (κ2) is 5.01. The molecule has 3 nitrogen and oxygen atoms in total. The van der Waals surface area contributed by atoms with Crippen molar-refractivity contribution in [2.75, 3.05) is 6.61 Å². The fourth-order valence-corrected chi connectivity index (χ4v) is 1.39. The standard InChI is InChI=1S/C9H18N2O/c1-2-3-4-5-6-8-7-12-9(10)11-8/h8H,2-7H2,1H3,(H2,10,11). The zero-order valence-corrected chi connectivity index (χ0v) is 7.75. The highest BCUT2D eigenvalue weighted by atomic mass is 16.5. The van der Waals surface area contributed by atoms with Gasteiger partial charge in [0.2, 0.25) is 0 Å². The Labute approximate surface area is 74.0 Å². The van der Waals surface area contributed by atoms with Crippen molar-refractivity contribution in [2.45, 2.75) is 45.1 Å². The van der Waals surface area contributed by atoms with E-state index in [1.807, 2.05) is 0 Å². The van der Waals surface area contributed by atoms with E-state index in [0.717, 1.165) is 6.42 Å². The van der Waals surface area contributed by atoms with Crippen LogP contribution < -0.4 is 5.73 Å². The molecule has 1 unspecified atom stereocenters. The third-order valence-corrected chi connectivity index (χ3v) is 2.12. The molecule has 0 aliphatic carbocycles. The quantitative estimate of drug-likeness (QED) is 0.638. The molecule has 1 rings (SSSR count). The summed E-state index contributed by atoms with van der Waals surface area (Å²) >= 11 is 0. The fourth-order valence-electron chi connectivity index (χ4n) is 1.39. The van der Waals surface area contributed by atoms with E-state index in [-0.39, 0.29) is 0 Å². The third-order valence-electron chi connectivity index (χ3n) is 2.12. The summed E-state index contributed by atoms with van der Waals surface area (Å²) in [4.78, 5) is 4.16. The number of amidine groups is 1. The zero-order chi connectivity index (χ0) is 8.81. The molecule has 0 aromatic carbocycles. The van der Waals surface area contributed by atoms with Gasteiger partial charge in [0.1, 0.15) is 6.61 Å². The molecular weight excluding hydrogens is 152 g/mol. The van der Waals surface area contributed by atoms with Crippen molar-refractivity contribution in [3.8, 4) is 0 Å². The minimum absolute atomic E-state index is 0.335. The molecule has 0 saturated carbocycles. The van der Waals surface area contributed by atoms with E-state index in [0.29, 0.717) is 18.7 Å². The van der Waals surface area contributed by atoms with E-state index >= 15 is 0 Å². The van der Waals surface area contributed by atoms with Crippen molar-refractivity contribution in [1.29, 1.82) is 0 Å². The van der Waals surface area contributed by atoms with E-state index in [9.17, 15) is 0 Å². The molecule has 2 N–H and O–H groups in total. The first-order valence-corrected chi connectivity index (χ1v) is 4.79. The summed E-state index contributed by atoms with van der Waals surface area (Å²) in [7, 11) is 0. The molecule has 0 aromatic rings. The number of ether oxygens (including phenoxy) is 1. The first-order valence-electron chi connectivity index (χ1n) is 4.79. The normalized spacial score (nSPS) is 22.1. The lowest BCUT2D eigenvalue weighted by Gasteiger charge is -2.03. The molecule has 0 bridgehead atoms. The molecule has 12 heavy (non-hydrogen) atoms. The lowest BCUT2D eigenvalue weighted by molar-refractivity contribution is 0.305. The van der Waals surface area contributed by atoms with E-state index in [2.05, 4.69) is 11.9 Å². The van der Waals surface area contributed by atoms with Crippen LogP contribution in [0, 0.1) is 0 Å². The molecule has 1 aliphatic heterocycles. The van der Waals surface area contributed by atoms with Crippen LogP contribution in [0.3, 0.4) is 0 Å². The minimum Gasteiger partial charge on any atom is -0.463 e. The molecule has 0 radical (unpaired) electrons. The highest BCUT2D eigenvalue weighted by molar-refractivity contribution is 5.72. The average Bonchev–Trinajstić information content (AvgIpc) is 2.45. The van der Waals surface area contributed by atoms with Gasteiger partial charge in [0.15, 0.2) is 0 Å². The van der Waals surface area contributed by atoms with Crippen LogP contribution in [-0.2, 0) is 4.74 Å². The Hall–Kier alpha value is -0.730. The van der Waals surface area contributed by atoms with Crippen LogP contribution in [0.5, 0.6) is 0 Å². The number of nitrogens with zero attached hydrogens (tertiary/aromatic N) is 1. The van der Waals surface area contributed by atoms with Gasteiger partial charge in [-0.2, -0.15) is 0 Å². The van der Waals surface area contributed by atoms with Gasteiger partial charge in [0, 0.05) is 0 Å². The largest absolute Gasteiger partial charge is 0.463 e. The maximum Gasteiger partial charge on any atom is 0.282 e. The van der Waals surface area contributed by atoms with Gasteiger partial charge in [-0.25, -0.2) is 4.99 Å². The molecule has 0 aromatic heterocycles. The Morgan fingerprint density at radius 1 is 1.50 bits per heavy atom. The van der Waals surface area contributed by atoms with Gasteiger partial charge in [-0.1, -0.05) is 32.6 Å².